The number of nitrogens with one attached hydrogen (secondary N) is 1. The van der Waals surface area contributed by atoms with Gasteiger partial charge in [0.15, 0.2) is 0 Å². The van der Waals surface area contributed by atoms with Crippen molar-refractivity contribution >= 4 is 11.6 Å². The van der Waals surface area contributed by atoms with Crippen molar-refractivity contribution in [3.8, 4) is 22.8 Å². The molecule has 3 aromatic heterocycles. The SMILES string of the molecule is O=C(CN1CCC(F)(F)CC1)Nc1ccnc(-c2cc(-c3noc(C(F)(F)F)n3)ccn2)c1. The van der Waals surface area contributed by atoms with Crippen LogP contribution in [0.1, 0.15) is 18.7 Å². The number of likely N-dealkylation sites (tertiary alicyclic amines) is 1. The van der Waals surface area contributed by atoms with E-state index in [9.17, 15) is 26.7 Å². The maximum absolute atomic E-state index is 13.3. The summed E-state index contributed by atoms with van der Waals surface area (Å²) in [6.45, 7) is 0.233. The highest BCUT2D eigenvalue weighted by atomic mass is 19.4. The molecule has 0 unspecified atom stereocenters. The molecule has 1 N–H and O–H groups in total. The molecule has 4 heterocycles. The number of carbonyl (C=O) groups is 1. The number of anilines is 1. The van der Waals surface area contributed by atoms with Crippen molar-refractivity contribution in [2.45, 2.75) is 24.9 Å². The number of aromatic nitrogens is 4. The molecule has 8 nitrogen and oxygen atoms in total. The third-order valence-electron chi connectivity index (χ3n) is 4.95. The predicted molar refractivity (Wildman–Crippen MR) is 105 cm³/mol. The molecule has 0 aromatic carbocycles. The highest BCUT2D eigenvalue weighted by molar-refractivity contribution is 5.92. The maximum atomic E-state index is 13.3. The molecule has 0 radical (unpaired) electrons. The van der Waals surface area contributed by atoms with Gasteiger partial charge in [-0.25, -0.2) is 8.78 Å². The fraction of sp³-hybridized carbons (Fsp3) is 0.350. The molecule has 1 aliphatic heterocycles. The highest BCUT2D eigenvalue weighted by Gasteiger charge is 2.38. The molecule has 0 saturated carbocycles. The van der Waals surface area contributed by atoms with Crippen LogP contribution in [0.25, 0.3) is 22.8 Å². The number of alkyl halides is 5. The Morgan fingerprint density at radius 2 is 1.76 bits per heavy atom. The van der Waals surface area contributed by atoms with Crippen LogP contribution in [0, 0.1) is 0 Å². The average molecular weight is 468 g/mol. The maximum Gasteiger partial charge on any atom is 0.471 e. The normalized spacial score (nSPS) is 16.5. The van der Waals surface area contributed by atoms with E-state index >= 15 is 0 Å². The summed E-state index contributed by atoms with van der Waals surface area (Å²) < 4.78 is 68.9. The van der Waals surface area contributed by atoms with Gasteiger partial charge in [-0.2, -0.15) is 18.2 Å². The molecule has 0 aliphatic carbocycles. The third-order valence-corrected chi connectivity index (χ3v) is 4.95. The molecular weight excluding hydrogens is 451 g/mol. The van der Waals surface area contributed by atoms with E-state index in [0.717, 1.165) is 0 Å². The molecule has 3 aromatic rings. The topological polar surface area (TPSA) is 97.0 Å². The van der Waals surface area contributed by atoms with Crippen molar-refractivity contribution in [3.05, 3.63) is 42.5 Å². The number of piperidine rings is 1. The second kappa shape index (κ2) is 8.81. The van der Waals surface area contributed by atoms with Crippen LogP contribution >= 0.6 is 0 Å². The van der Waals surface area contributed by atoms with E-state index in [0.29, 0.717) is 17.1 Å². The monoisotopic (exact) mass is 468 g/mol. The summed E-state index contributed by atoms with van der Waals surface area (Å²) in [5, 5.41) is 6.03. The summed E-state index contributed by atoms with van der Waals surface area (Å²) in [7, 11) is 0. The van der Waals surface area contributed by atoms with E-state index in [2.05, 4.69) is 29.9 Å². The highest BCUT2D eigenvalue weighted by Crippen LogP contribution is 2.30. The van der Waals surface area contributed by atoms with Crippen molar-refractivity contribution in [3.63, 3.8) is 0 Å². The number of halogens is 5. The quantitative estimate of drug-likeness (QED) is 0.568. The van der Waals surface area contributed by atoms with Crippen LogP contribution in [0.4, 0.5) is 27.6 Å². The van der Waals surface area contributed by atoms with Crippen LogP contribution in [-0.4, -0.2) is 56.5 Å². The van der Waals surface area contributed by atoms with Crippen molar-refractivity contribution in [1.29, 1.82) is 0 Å². The molecule has 1 amide bonds. The lowest BCUT2D eigenvalue weighted by molar-refractivity contribution is -0.159. The Hall–Kier alpha value is -3.48. The van der Waals surface area contributed by atoms with Gasteiger partial charge in [-0.05, 0) is 24.3 Å². The standard InChI is InChI=1S/C20H17F5N6O2/c21-19(22)3-7-31(8-4-19)11-16(32)28-13-2-6-27-15(10-13)14-9-12(1-5-26-14)17-29-18(33-30-17)20(23,24)25/h1-2,5-6,9-10H,3-4,7-8,11H2,(H,27,28,32). The van der Waals surface area contributed by atoms with Crippen molar-refractivity contribution in [2.24, 2.45) is 0 Å². The minimum atomic E-state index is -4.76. The van der Waals surface area contributed by atoms with Gasteiger partial charge in [0, 0.05) is 49.6 Å². The summed E-state index contributed by atoms with van der Waals surface area (Å²) >= 11 is 0. The van der Waals surface area contributed by atoms with Gasteiger partial charge < -0.3 is 9.84 Å². The molecule has 33 heavy (non-hydrogen) atoms. The molecule has 13 heteroatoms. The smallest absolute Gasteiger partial charge is 0.329 e. The lowest BCUT2D eigenvalue weighted by Gasteiger charge is -2.31. The van der Waals surface area contributed by atoms with Gasteiger partial charge in [-0.15, -0.1) is 0 Å². The Labute approximate surface area is 183 Å². The minimum Gasteiger partial charge on any atom is -0.329 e. The summed E-state index contributed by atoms with van der Waals surface area (Å²) in [5.41, 5.74) is 1.28. The number of pyridine rings is 2. The number of nitrogens with zero attached hydrogens (tertiary/aromatic N) is 5. The largest absolute Gasteiger partial charge is 0.471 e. The summed E-state index contributed by atoms with van der Waals surface area (Å²) in [5.74, 6) is -4.78. The molecule has 0 atom stereocenters. The average Bonchev–Trinajstić information content (AvgIpc) is 3.27. The number of hydrogen-bond donors (Lipinski definition) is 1. The lowest BCUT2D eigenvalue weighted by atomic mass is 10.1. The Balaban J connectivity index is 1.45. The van der Waals surface area contributed by atoms with Crippen LogP contribution in [0.2, 0.25) is 0 Å². The lowest BCUT2D eigenvalue weighted by Crippen LogP contribution is -2.42. The van der Waals surface area contributed by atoms with Crippen LogP contribution < -0.4 is 5.32 Å². The second-order valence-corrected chi connectivity index (χ2v) is 7.46. The van der Waals surface area contributed by atoms with Gasteiger partial charge >= 0.3 is 12.1 Å². The zero-order chi connectivity index (χ0) is 23.6. The second-order valence-electron chi connectivity index (χ2n) is 7.46. The van der Waals surface area contributed by atoms with Crippen LogP contribution in [0.5, 0.6) is 0 Å². The number of amides is 1. The molecule has 4 rings (SSSR count). The fourth-order valence-electron chi connectivity index (χ4n) is 3.26. The van der Waals surface area contributed by atoms with E-state index in [4.69, 9.17) is 0 Å². The molecule has 0 spiro atoms. The minimum absolute atomic E-state index is 0.0269. The molecule has 0 bridgehead atoms. The zero-order valence-corrected chi connectivity index (χ0v) is 16.9. The van der Waals surface area contributed by atoms with Gasteiger partial charge in [0.1, 0.15) is 0 Å². The number of hydrogen-bond acceptors (Lipinski definition) is 7. The summed E-state index contributed by atoms with van der Waals surface area (Å²) in [4.78, 5) is 25.6. The molecule has 1 aliphatic rings. The van der Waals surface area contributed by atoms with Crippen molar-refractivity contribution < 1.29 is 31.3 Å². The predicted octanol–water partition coefficient (Wildman–Crippen LogP) is 3.88. The van der Waals surface area contributed by atoms with Gasteiger partial charge in [0.05, 0.1) is 17.9 Å². The Kier molecular flexibility index (Phi) is 6.06. The van der Waals surface area contributed by atoms with E-state index in [-0.39, 0.29) is 49.8 Å². The fourth-order valence-corrected chi connectivity index (χ4v) is 3.26. The number of carbonyl (C=O) groups excluding carboxylic acids is 1. The Bertz CT molecular complexity index is 1140. The van der Waals surface area contributed by atoms with E-state index in [1.165, 1.54) is 30.6 Å². The zero-order valence-electron chi connectivity index (χ0n) is 16.9. The molecule has 1 fully saturated rings. The first-order chi connectivity index (χ1) is 15.6. The van der Waals surface area contributed by atoms with Crippen LogP contribution in [0.15, 0.2) is 41.2 Å². The van der Waals surface area contributed by atoms with Crippen LogP contribution in [0.3, 0.4) is 0 Å². The van der Waals surface area contributed by atoms with Crippen LogP contribution in [-0.2, 0) is 11.0 Å². The number of rotatable bonds is 5. The first-order valence-electron chi connectivity index (χ1n) is 9.83. The van der Waals surface area contributed by atoms with E-state index in [1.807, 2.05) is 0 Å². The molecule has 1 saturated heterocycles. The van der Waals surface area contributed by atoms with Gasteiger partial charge in [0.2, 0.25) is 11.7 Å². The first-order valence-corrected chi connectivity index (χ1v) is 9.83. The van der Waals surface area contributed by atoms with Crippen molar-refractivity contribution in [1.82, 2.24) is 25.0 Å². The van der Waals surface area contributed by atoms with Gasteiger partial charge in [-0.1, -0.05) is 5.16 Å². The summed E-state index contributed by atoms with van der Waals surface area (Å²) in [6.07, 6.45) is -2.55. The Morgan fingerprint density at radius 1 is 1.09 bits per heavy atom. The molecular formula is C20H17F5N6O2. The van der Waals surface area contributed by atoms with Crippen molar-refractivity contribution in [2.75, 3.05) is 25.0 Å². The van der Waals surface area contributed by atoms with E-state index in [1.54, 1.807) is 11.0 Å². The van der Waals surface area contributed by atoms with Gasteiger partial charge in [0.25, 0.3) is 5.92 Å². The third kappa shape index (κ3) is 5.66. The van der Waals surface area contributed by atoms with E-state index < -0.39 is 18.0 Å². The summed E-state index contributed by atoms with van der Waals surface area (Å²) in [6, 6.07) is 5.94. The molecule has 174 valence electrons. The first kappa shape index (κ1) is 22.7. The Morgan fingerprint density at radius 3 is 2.42 bits per heavy atom. The van der Waals surface area contributed by atoms with Gasteiger partial charge in [-0.3, -0.25) is 19.7 Å².